The normalized spacial score (nSPS) is 20.1. The summed E-state index contributed by atoms with van der Waals surface area (Å²) in [5, 5.41) is 3.94. The number of piperidine rings is 1. The van der Waals surface area contributed by atoms with Crippen molar-refractivity contribution in [1.29, 1.82) is 0 Å². The molecule has 0 aliphatic carbocycles. The summed E-state index contributed by atoms with van der Waals surface area (Å²) < 4.78 is 5.21. The number of nitrogens with one attached hydrogen (secondary N) is 1. The van der Waals surface area contributed by atoms with Crippen LogP contribution in [-0.2, 0) is 19.4 Å². The Bertz CT molecular complexity index is 948. The number of aromatic amines is 1. The fourth-order valence-corrected chi connectivity index (χ4v) is 4.25. The molecule has 2 aliphatic rings. The molecule has 1 atom stereocenters. The van der Waals surface area contributed by atoms with E-state index >= 15 is 0 Å². The van der Waals surface area contributed by atoms with Crippen LogP contribution < -0.4 is 5.56 Å². The third kappa shape index (κ3) is 3.85. The van der Waals surface area contributed by atoms with Gasteiger partial charge in [0.2, 0.25) is 0 Å². The standard InChI is InChI=1S/C21H29N5O3/c1-4-14-11-17(24-29-14)21(28)26-9-6-5-7-18(26)19-22-16-8-10-25(13(2)3)12-15(16)20(27)23-19/h11,13,18H,4-10,12H2,1-3H3,(H,22,23,27)/t18-/m0/s1. The summed E-state index contributed by atoms with van der Waals surface area (Å²) in [6, 6.07) is 1.86. The minimum atomic E-state index is -0.237. The molecule has 0 unspecified atom stereocenters. The first-order chi connectivity index (χ1) is 14.0. The van der Waals surface area contributed by atoms with Crippen LogP contribution in [0.3, 0.4) is 0 Å². The molecule has 1 amide bonds. The molecule has 0 bridgehead atoms. The van der Waals surface area contributed by atoms with Gasteiger partial charge < -0.3 is 14.4 Å². The van der Waals surface area contributed by atoms with E-state index in [-0.39, 0.29) is 17.5 Å². The lowest BCUT2D eigenvalue weighted by Gasteiger charge is -2.35. The zero-order valence-corrected chi connectivity index (χ0v) is 17.4. The number of carbonyl (C=O) groups is 1. The number of fused-ring (bicyclic) bond motifs is 1. The molecule has 0 radical (unpaired) electrons. The number of hydrogen-bond donors (Lipinski definition) is 1. The van der Waals surface area contributed by atoms with Gasteiger partial charge in [-0.05, 0) is 33.1 Å². The minimum absolute atomic E-state index is 0.0805. The maximum absolute atomic E-state index is 13.1. The number of amides is 1. The first-order valence-electron chi connectivity index (χ1n) is 10.6. The Hall–Kier alpha value is -2.48. The molecule has 1 saturated heterocycles. The predicted octanol–water partition coefficient (Wildman–Crippen LogP) is 2.45. The molecule has 2 aromatic rings. The number of H-pyrrole nitrogens is 1. The molecule has 0 saturated carbocycles. The van der Waals surface area contributed by atoms with E-state index < -0.39 is 0 Å². The molecular weight excluding hydrogens is 370 g/mol. The van der Waals surface area contributed by atoms with Crippen molar-refractivity contribution in [3.63, 3.8) is 0 Å². The minimum Gasteiger partial charge on any atom is -0.361 e. The average Bonchev–Trinajstić information content (AvgIpc) is 3.22. The largest absolute Gasteiger partial charge is 0.361 e. The van der Waals surface area contributed by atoms with Gasteiger partial charge in [0.05, 0.1) is 17.3 Å². The smallest absolute Gasteiger partial charge is 0.276 e. The van der Waals surface area contributed by atoms with E-state index in [0.29, 0.717) is 42.8 Å². The number of carbonyl (C=O) groups excluding carboxylic acids is 1. The zero-order chi connectivity index (χ0) is 20.5. The van der Waals surface area contributed by atoms with E-state index in [4.69, 9.17) is 9.51 Å². The van der Waals surface area contributed by atoms with Gasteiger partial charge in [-0.2, -0.15) is 0 Å². The number of aryl methyl sites for hydroxylation is 1. The summed E-state index contributed by atoms with van der Waals surface area (Å²) in [5.41, 5.74) is 1.87. The highest BCUT2D eigenvalue weighted by atomic mass is 16.5. The van der Waals surface area contributed by atoms with Crippen LogP contribution in [-0.4, -0.2) is 50.0 Å². The molecule has 1 N–H and O–H groups in total. The molecule has 8 nitrogen and oxygen atoms in total. The van der Waals surface area contributed by atoms with Gasteiger partial charge >= 0.3 is 0 Å². The van der Waals surface area contributed by atoms with Crippen molar-refractivity contribution >= 4 is 5.91 Å². The van der Waals surface area contributed by atoms with Crippen LogP contribution >= 0.6 is 0 Å². The maximum atomic E-state index is 13.1. The molecule has 4 rings (SSSR count). The van der Waals surface area contributed by atoms with Crippen LogP contribution in [0.4, 0.5) is 0 Å². The van der Waals surface area contributed by atoms with E-state index in [0.717, 1.165) is 43.5 Å². The van der Waals surface area contributed by atoms with Gasteiger partial charge in [-0.15, -0.1) is 0 Å². The number of nitrogens with zero attached hydrogens (tertiary/aromatic N) is 4. The van der Waals surface area contributed by atoms with E-state index in [2.05, 4.69) is 28.9 Å². The first kappa shape index (κ1) is 19.8. The number of likely N-dealkylation sites (tertiary alicyclic amines) is 1. The molecule has 29 heavy (non-hydrogen) atoms. The Balaban J connectivity index is 1.63. The fraction of sp³-hybridized carbons (Fsp3) is 0.619. The first-order valence-corrected chi connectivity index (χ1v) is 10.6. The van der Waals surface area contributed by atoms with Gasteiger partial charge in [0.25, 0.3) is 11.5 Å². The van der Waals surface area contributed by atoms with Gasteiger partial charge in [-0.25, -0.2) is 4.98 Å². The Morgan fingerprint density at radius 3 is 2.90 bits per heavy atom. The van der Waals surface area contributed by atoms with Crippen molar-refractivity contribution in [3.8, 4) is 0 Å². The van der Waals surface area contributed by atoms with Crippen molar-refractivity contribution in [2.75, 3.05) is 13.1 Å². The van der Waals surface area contributed by atoms with Gasteiger partial charge in [-0.1, -0.05) is 12.1 Å². The van der Waals surface area contributed by atoms with E-state index in [9.17, 15) is 9.59 Å². The average molecular weight is 399 g/mol. The predicted molar refractivity (Wildman–Crippen MR) is 108 cm³/mol. The molecule has 0 spiro atoms. The van der Waals surface area contributed by atoms with Gasteiger partial charge in [0.1, 0.15) is 11.6 Å². The lowest BCUT2D eigenvalue weighted by atomic mass is 9.99. The van der Waals surface area contributed by atoms with Gasteiger partial charge in [0, 0.05) is 44.6 Å². The molecule has 2 aromatic heterocycles. The summed E-state index contributed by atoms with van der Waals surface area (Å²) in [6.07, 6.45) is 4.16. The van der Waals surface area contributed by atoms with Crippen molar-refractivity contribution in [2.24, 2.45) is 0 Å². The second kappa shape index (κ2) is 8.10. The third-order valence-electron chi connectivity index (χ3n) is 6.05. The molecule has 156 valence electrons. The molecular formula is C21H29N5O3. The molecule has 1 fully saturated rings. The van der Waals surface area contributed by atoms with Crippen LogP contribution in [0.5, 0.6) is 0 Å². The summed E-state index contributed by atoms with van der Waals surface area (Å²) in [7, 11) is 0. The Labute approximate surface area is 170 Å². The summed E-state index contributed by atoms with van der Waals surface area (Å²) >= 11 is 0. The van der Waals surface area contributed by atoms with Gasteiger partial charge in [0.15, 0.2) is 5.69 Å². The lowest BCUT2D eigenvalue weighted by molar-refractivity contribution is 0.0588. The van der Waals surface area contributed by atoms with E-state index in [1.165, 1.54) is 0 Å². The SMILES string of the molecule is CCc1cc(C(=O)N2CCCC[C@H]2c2nc3c(c(=O)[nH]2)CN(C(C)C)CC3)no1. The second-order valence-corrected chi connectivity index (χ2v) is 8.23. The monoisotopic (exact) mass is 399 g/mol. The zero-order valence-electron chi connectivity index (χ0n) is 17.4. The maximum Gasteiger partial charge on any atom is 0.276 e. The molecule has 8 heteroatoms. The van der Waals surface area contributed by atoms with Crippen molar-refractivity contribution in [1.82, 2.24) is 24.9 Å². The van der Waals surface area contributed by atoms with Crippen LogP contribution in [0.25, 0.3) is 0 Å². The highest BCUT2D eigenvalue weighted by Crippen LogP contribution is 2.30. The molecule has 4 heterocycles. The van der Waals surface area contributed by atoms with Gasteiger partial charge in [-0.3, -0.25) is 14.5 Å². The summed E-state index contributed by atoms with van der Waals surface area (Å²) in [6.45, 7) is 8.38. The quantitative estimate of drug-likeness (QED) is 0.849. The fourth-order valence-electron chi connectivity index (χ4n) is 4.25. The van der Waals surface area contributed by atoms with Crippen molar-refractivity contribution in [3.05, 3.63) is 45.0 Å². The van der Waals surface area contributed by atoms with Crippen molar-refractivity contribution < 1.29 is 9.32 Å². The van der Waals surface area contributed by atoms with Crippen LogP contribution in [0.15, 0.2) is 15.4 Å². The summed E-state index contributed by atoms with van der Waals surface area (Å²) in [5.74, 6) is 1.13. The molecule has 0 aromatic carbocycles. The number of hydrogen-bond acceptors (Lipinski definition) is 6. The Morgan fingerprint density at radius 1 is 1.34 bits per heavy atom. The van der Waals surface area contributed by atoms with Crippen LogP contribution in [0.2, 0.25) is 0 Å². The highest BCUT2D eigenvalue weighted by Gasteiger charge is 2.33. The Morgan fingerprint density at radius 2 is 2.17 bits per heavy atom. The van der Waals surface area contributed by atoms with Crippen LogP contribution in [0, 0.1) is 0 Å². The van der Waals surface area contributed by atoms with Crippen LogP contribution in [0.1, 0.15) is 79.4 Å². The third-order valence-corrected chi connectivity index (χ3v) is 6.05. The summed E-state index contributed by atoms with van der Waals surface area (Å²) in [4.78, 5) is 37.8. The van der Waals surface area contributed by atoms with E-state index in [1.807, 2.05) is 6.92 Å². The highest BCUT2D eigenvalue weighted by molar-refractivity contribution is 5.92. The van der Waals surface area contributed by atoms with Crippen molar-refractivity contribution in [2.45, 2.75) is 71.5 Å². The molecule has 2 aliphatic heterocycles. The number of aromatic nitrogens is 3. The second-order valence-electron chi connectivity index (χ2n) is 8.23. The van der Waals surface area contributed by atoms with E-state index in [1.54, 1.807) is 11.0 Å². The lowest BCUT2D eigenvalue weighted by Crippen LogP contribution is -2.42. The topological polar surface area (TPSA) is 95.3 Å². The Kier molecular flexibility index (Phi) is 5.54. The number of rotatable bonds is 4.